The molecular weight excluding hydrogens is 388 g/mol. The number of carbonyl (C=O) groups excluding carboxylic acids is 1. The van der Waals surface area contributed by atoms with E-state index >= 15 is 0 Å². The van der Waals surface area contributed by atoms with Gasteiger partial charge in [-0.2, -0.15) is 4.31 Å². The van der Waals surface area contributed by atoms with Gasteiger partial charge in [0.25, 0.3) is 5.91 Å². The third-order valence-corrected chi connectivity index (χ3v) is 7.35. The topological polar surface area (TPSA) is 66.9 Å². The Kier molecular flexibility index (Phi) is 6.29. The summed E-state index contributed by atoms with van der Waals surface area (Å²) in [7, 11) is -3.59. The number of rotatable bonds is 5. The molecule has 0 aliphatic carbocycles. The Bertz CT molecular complexity index is 969. The number of nitrogens with zero attached hydrogens (tertiary/aromatic N) is 2. The van der Waals surface area contributed by atoms with E-state index in [9.17, 15) is 13.2 Å². The van der Waals surface area contributed by atoms with Crippen LogP contribution >= 0.6 is 0 Å². The third-order valence-electron chi connectivity index (χ3n) is 5.14. The zero-order valence-corrected chi connectivity index (χ0v) is 18.3. The molecule has 0 radical (unpaired) electrons. The minimum atomic E-state index is -3.59. The van der Waals surface area contributed by atoms with Gasteiger partial charge in [0.15, 0.2) is 0 Å². The maximum Gasteiger partial charge on any atom is 0.253 e. The van der Waals surface area contributed by atoms with E-state index in [0.717, 1.165) is 22.4 Å². The molecule has 3 rings (SSSR count). The zero-order chi connectivity index (χ0) is 21.2. The van der Waals surface area contributed by atoms with Crippen LogP contribution in [0, 0.1) is 20.8 Å². The Morgan fingerprint density at radius 3 is 2.03 bits per heavy atom. The van der Waals surface area contributed by atoms with Crippen molar-refractivity contribution in [1.82, 2.24) is 9.21 Å². The van der Waals surface area contributed by atoms with Crippen LogP contribution in [-0.4, -0.2) is 56.3 Å². The normalized spacial score (nSPS) is 15.4. The summed E-state index contributed by atoms with van der Waals surface area (Å²) in [6.07, 6.45) is 0. The molecule has 0 bridgehead atoms. The molecule has 2 aromatic carbocycles. The number of ether oxygens (including phenoxy) is 1. The Balaban J connectivity index is 1.70. The second-order valence-corrected chi connectivity index (χ2v) is 9.26. The Morgan fingerprint density at radius 1 is 0.966 bits per heavy atom. The van der Waals surface area contributed by atoms with Gasteiger partial charge in [-0.25, -0.2) is 8.42 Å². The highest BCUT2D eigenvalue weighted by molar-refractivity contribution is 7.89. The summed E-state index contributed by atoms with van der Waals surface area (Å²) in [6.45, 7) is 9.43. The fourth-order valence-electron chi connectivity index (χ4n) is 3.88. The Morgan fingerprint density at radius 2 is 1.52 bits per heavy atom. The van der Waals surface area contributed by atoms with Gasteiger partial charge in [0.1, 0.15) is 5.75 Å². The average molecular weight is 417 g/mol. The molecular formula is C22H28N2O4S. The number of aryl methyl sites for hydroxylation is 3. The highest BCUT2D eigenvalue weighted by Gasteiger charge is 2.32. The van der Waals surface area contributed by atoms with Gasteiger partial charge < -0.3 is 9.64 Å². The quantitative estimate of drug-likeness (QED) is 0.751. The highest BCUT2D eigenvalue weighted by Crippen LogP contribution is 2.26. The van der Waals surface area contributed by atoms with Crippen molar-refractivity contribution in [3.05, 3.63) is 58.7 Å². The van der Waals surface area contributed by atoms with Crippen molar-refractivity contribution in [1.29, 1.82) is 0 Å². The molecule has 1 heterocycles. The van der Waals surface area contributed by atoms with E-state index in [1.165, 1.54) is 4.31 Å². The van der Waals surface area contributed by atoms with Gasteiger partial charge in [0.05, 0.1) is 11.5 Å². The summed E-state index contributed by atoms with van der Waals surface area (Å²) in [4.78, 5) is 14.8. The van der Waals surface area contributed by atoms with Crippen LogP contribution in [-0.2, 0) is 10.0 Å². The number of piperazine rings is 1. The molecule has 1 saturated heterocycles. The highest BCUT2D eigenvalue weighted by atomic mass is 32.2. The predicted molar refractivity (Wildman–Crippen MR) is 113 cm³/mol. The second kappa shape index (κ2) is 8.55. The summed E-state index contributed by atoms with van der Waals surface area (Å²) in [5.74, 6) is 0.636. The number of sulfonamides is 1. The van der Waals surface area contributed by atoms with Crippen molar-refractivity contribution in [3.63, 3.8) is 0 Å². The van der Waals surface area contributed by atoms with E-state index in [4.69, 9.17) is 4.74 Å². The molecule has 2 aromatic rings. The first-order valence-corrected chi connectivity index (χ1v) is 11.3. The molecule has 0 unspecified atom stereocenters. The molecule has 0 spiro atoms. The summed E-state index contributed by atoms with van der Waals surface area (Å²) in [6, 6.07) is 10.8. The van der Waals surface area contributed by atoms with Crippen molar-refractivity contribution >= 4 is 15.9 Å². The van der Waals surface area contributed by atoms with Crippen LogP contribution in [0.2, 0.25) is 0 Å². The lowest BCUT2D eigenvalue weighted by molar-refractivity contribution is 0.0698. The largest absolute Gasteiger partial charge is 0.494 e. The number of amides is 1. The van der Waals surface area contributed by atoms with E-state index in [1.54, 1.807) is 29.2 Å². The van der Waals surface area contributed by atoms with Crippen molar-refractivity contribution in [2.75, 3.05) is 32.8 Å². The number of hydrogen-bond donors (Lipinski definition) is 0. The predicted octanol–water partition coefficient (Wildman–Crippen LogP) is 3.16. The molecule has 6 nitrogen and oxygen atoms in total. The molecule has 0 saturated carbocycles. The molecule has 1 aliphatic heterocycles. The third kappa shape index (κ3) is 4.46. The zero-order valence-electron chi connectivity index (χ0n) is 17.4. The summed E-state index contributed by atoms with van der Waals surface area (Å²) < 4.78 is 33.3. The smallest absolute Gasteiger partial charge is 0.253 e. The van der Waals surface area contributed by atoms with E-state index in [0.29, 0.717) is 30.2 Å². The van der Waals surface area contributed by atoms with Gasteiger partial charge in [0.2, 0.25) is 10.0 Å². The Hall–Kier alpha value is -2.38. The van der Waals surface area contributed by atoms with Crippen molar-refractivity contribution in [2.45, 2.75) is 32.6 Å². The molecule has 1 amide bonds. The molecule has 29 heavy (non-hydrogen) atoms. The minimum absolute atomic E-state index is 0.0900. The second-order valence-electron chi connectivity index (χ2n) is 7.38. The van der Waals surface area contributed by atoms with Gasteiger partial charge in [-0.3, -0.25) is 4.79 Å². The van der Waals surface area contributed by atoms with Crippen LogP contribution < -0.4 is 4.74 Å². The molecule has 0 N–H and O–H groups in total. The van der Waals surface area contributed by atoms with Gasteiger partial charge in [0, 0.05) is 31.7 Å². The maximum absolute atomic E-state index is 13.2. The summed E-state index contributed by atoms with van der Waals surface area (Å²) in [5, 5.41) is 0. The molecule has 1 aliphatic rings. The van der Waals surface area contributed by atoms with Crippen LogP contribution in [0.3, 0.4) is 0 Å². The van der Waals surface area contributed by atoms with Gasteiger partial charge in [-0.1, -0.05) is 17.7 Å². The van der Waals surface area contributed by atoms with Crippen LogP contribution in [0.4, 0.5) is 0 Å². The lowest BCUT2D eigenvalue weighted by Gasteiger charge is -2.34. The van der Waals surface area contributed by atoms with Gasteiger partial charge >= 0.3 is 0 Å². The minimum Gasteiger partial charge on any atom is -0.494 e. The first-order chi connectivity index (χ1) is 13.7. The summed E-state index contributed by atoms with van der Waals surface area (Å²) >= 11 is 0. The standard InChI is InChI=1S/C22H28N2O4S/c1-5-28-20-8-6-19(7-9-20)22(25)23-10-12-24(13-11-23)29(26,27)21-17(3)14-16(2)15-18(21)4/h6-9,14-15H,5,10-13H2,1-4H3. The molecule has 7 heteroatoms. The molecule has 0 aromatic heterocycles. The van der Waals surface area contributed by atoms with Gasteiger partial charge in [-0.05, 0) is 63.1 Å². The van der Waals surface area contributed by atoms with E-state index < -0.39 is 10.0 Å². The number of carbonyl (C=O) groups is 1. The van der Waals surface area contributed by atoms with Crippen LogP contribution in [0.25, 0.3) is 0 Å². The lowest BCUT2D eigenvalue weighted by atomic mass is 10.1. The van der Waals surface area contributed by atoms with Crippen molar-refractivity contribution < 1.29 is 17.9 Å². The number of benzene rings is 2. The Labute approximate surface area is 173 Å². The summed E-state index contributed by atoms with van der Waals surface area (Å²) in [5.41, 5.74) is 3.14. The fourth-order valence-corrected chi connectivity index (χ4v) is 5.71. The van der Waals surface area contributed by atoms with E-state index in [-0.39, 0.29) is 19.0 Å². The lowest BCUT2D eigenvalue weighted by Crippen LogP contribution is -2.50. The molecule has 1 fully saturated rings. The van der Waals surface area contributed by atoms with Crippen molar-refractivity contribution in [2.24, 2.45) is 0 Å². The average Bonchev–Trinajstić information content (AvgIpc) is 2.67. The van der Waals surface area contributed by atoms with Crippen LogP contribution in [0.15, 0.2) is 41.3 Å². The first-order valence-electron chi connectivity index (χ1n) is 9.84. The monoisotopic (exact) mass is 416 g/mol. The SMILES string of the molecule is CCOc1ccc(C(=O)N2CCN(S(=O)(=O)c3c(C)cc(C)cc3C)CC2)cc1. The maximum atomic E-state index is 13.2. The number of hydrogen-bond acceptors (Lipinski definition) is 4. The van der Waals surface area contributed by atoms with Gasteiger partial charge in [-0.15, -0.1) is 0 Å². The fraction of sp³-hybridized carbons (Fsp3) is 0.409. The first kappa shape index (κ1) is 21.3. The van der Waals surface area contributed by atoms with E-state index in [2.05, 4.69) is 0 Å². The van der Waals surface area contributed by atoms with Crippen LogP contribution in [0.5, 0.6) is 5.75 Å². The molecule has 0 atom stereocenters. The van der Waals surface area contributed by atoms with Crippen LogP contribution in [0.1, 0.15) is 34.0 Å². The molecule has 156 valence electrons. The van der Waals surface area contributed by atoms with E-state index in [1.807, 2.05) is 39.8 Å². The van der Waals surface area contributed by atoms with Crippen molar-refractivity contribution in [3.8, 4) is 5.75 Å².